The number of aryl methyl sites for hydroxylation is 2. The van der Waals surface area contributed by atoms with Crippen LogP contribution in [-0.2, 0) is 19.5 Å². The molecule has 5 heteroatoms. The van der Waals surface area contributed by atoms with Gasteiger partial charge in [-0.05, 0) is 30.0 Å². The van der Waals surface area contributed by atoms with Gasteiger partial charge in [0.25, 0.3) is 0 Å². The largest absolute Gasteiger partial charge is 0.494 e. The zero-order valence-electron chi connectivity index (χ0n) is 13.7. The molecule has 5 nitrogen and oxygen atoms in total. The van der Waals surface area contributed by atoms with Crippen molar-refractivity contribution in [1.82, 2.24) is 15.0 Å². The van der Waals surface area contributed by atoms with Crippen LogP contribution < -0.4 is 10.5 Å². The Hall–Kier alpha value is -1.88. The molecule has 2 rings (SSSR count). The molecule has 1 heterocycles. The highest BCUT2D eigenvalue weighted by Gasteiger charge is 2.14. The summed E-state index contributed by atoms with van der Waals surface area (Å²) >= 11 is 0. The standard InChI is InChI=1S/C17H26N4O/c1-4-14-6-8-15(9-7-14)22-11-5-10-21-17(13(2)3)16(12-18)19-20-21/h6-9,13H,4-5,10-12,18H2,1-3H3. The molecule has 120 valence electrons. The lowest BCUT2D eigenvalue weighted by atomic mass is 10.1. The Morgan fingerprint density at radius 2 is 1.95 bits per heavy atom. The van der Waals surface area contributed by atoms with Crippen molar-refractivity contribution in [2.75, 3.05) is 6.61 Å². The second-order valence-corrected chi connectivity index (χ2v) is 5.70. The third-order valence-electron chi connectivity index (χ3n) is 3.70. The van der Waals surface area contributed by atoms with E-state index in [0.29, 0.717) is 19.1 Å². The van der Waals surface area contributed by atoms with Crippen molar-refractivity contribution < 1.29 is 4.74 Å². The Morgan fingerprint density at radius 1 is 1.23 bits per heavy atom. The summed E-state index contributed by atoms with van der Waals surface area (Å²) in [6, 6.07) is 8.27. The number of ether oxygens (including phenoxy) is 1. The average Bonchev–Trinajstić information content (AvgIpc) is 2.95. The van der Waals surface area contributed by atoms with Crippen molar-refractivity contribution in [2.24, 2.45) is 5.73 Å². The van der Waals surface area contributed by atoms with Gasteiger partial charge < -0.3 is 10.5 Å². The number of aromatic nitrogens is 3. The van der Waals surface area contributed by atoms with E-state index in [9.17, 15) is 0 Å². The van der Waals surface area contributed by atoms with Gasteiger partial charge in [0.2, 0.25) is 0 Å². The maximum atomic E-state index is 5.77. The first-order valence-electron chi connectivity index (χ1n) is 7.99. The molecule has 0 amide bonds. The van der Waals surface area contributed by atoms with E-state index in [0.717, 1.165) is 36.5 Å². The van der Waals surface area contributed by atoms with Crippen LogP contribution in [0.4, 0.5) is 0 Å². The minimum absolute atomic E-state index is 0.371. The van der Waals surface area contributed by atoms with E-state index in [-0.39, 0.29) is 0 Å². The molecule has 0 saturated heterocycles. The molecule has 0 radical (unpaired) electrons. The minimum atomic E-state index is 0.371. The zero-order valence-corrected chi connectivity index (χ0v) is 13.7. The topological polar surface area (TPSA) is 66.0 Å². The van der Waals surface area contributed by atoms with Crippen molar-refractivity contribution in [1.29, 1.82) is 0 Å². The maximum Gasteiger partial charge on any atom is 0.119 e. The Balaban J connectivity index is 1.84. The molecule has 0 fully saturated rings. The van der Waals surface area contributed by atoms with Crippen LogP contribution >= 0.6 is 0 Å². The predicted molar refractivity (Wildman–Crippen MR) is 87.9 cm³/mol. The smallest absolute Gasteiger partial charge is 0.119 e. The second kappa shape index (κ2) is 7.94. The quantitative estimate of drug-likeness (QED) is 0.761. The van der Waals surface area contributed by atoms with Crippen molar-refractivity contribution in [3.63, 3.8) is 0 Å². The first kappa shape index (κ1) is 16.5. The van der Waals surface area contributed by atoms with E-state index < -0.39 is 0 Å². The number of hydrogen-bond acceptors (Lipinski definition) is 4. The van der Waals surface area contributed by atoms with E-state index in [1.165, 1.54) is 5.56 Å². The molecule has 0 unspecified atom stereocenters. The zero-order chi connectivity index (χ0) is 15.9. The normalized spacial score (nSPS) is 11.1. The lowest BCUT2D eigenvalue weighted by Crippen LogP contribution is -2.11. The molecule has 0 aliphatic carbocycles. The molecule has 0 aliphatic rings. The summed E-state index contributed by atoms with van der Waals surface area (Å²) in [5, 5.41) is 8.37. The second-order valence-electron chi connectivity index (χ2n) is 5.70. The molecule has 1 aromatic heterocycles. The fourth-order valence-electron chi connectivity index (χ4n) is 2.52. The SMILES string of the molecule is CCc1ccc(OCCCn2nnc(CN)c2C(C)C)cc1. The van der Waals surface area contributed by atoms with Gasteiger partial charge in [-0.15, -0.1) is 5.10 Å². The van der Waals surface area contributed by atoms with Crippen LogP contribution in [0.2, 0.25) is 0 Å². The number of rotatable bonds is 8. The third kappa shape index (κ3) is 4.07. The lowest BCUT2D eigenvalue weighted by molar-refractivity contribution is 0.296. The molecule has 2 aromatic rings. The van der Waals surface area contributed by atoms with E-state index in [2.05, 4.69) is 43.2 Å². The fraction of sp³-hybridized carbons (Fsp3) is 0.529. The first-order valence-corrected chi connectivity index (χ1v) is 7.99. The molecule has 0 atom stereocenters. The maximum absolute atomic E-state index is 5.77. The van der Waals surface area contributed by atoms with Gasteiger partial charge in [-0.25, -0.2) is 4.68 Å². The average molecular weight is 302 g/mol. The molecule has 1 aromatic carbocycles. The van der Waals surface area contributed by atoms with Crippen molar-refractivity contribution in [2.45, 2.75) is 52.6 Å². The summed E-state index contributed by atoms with van der Waals surface area (Å²) < 4.78 is 7.73. The molecule has 0 spiro atoms. The van der Waals surface area contributed by atoms with Crippen LogP contribution in [0.3, 0.4) is 0 Å². The molecule has 0 aliphatic heterocycles. The van der Waals surface area contributed by atoms with E-state index in [4.69, 9.17) is 10.5 Å². The third-order valence-corrected chi connectivity index (χ3v) is 3.70. The number of nitrogens with zero attached hydrogens (tertiary/aromatic N) is 3. The number of nitrogens with two attached hydrogens (primary N) is 1. The van der Waals surface area contributed by atoms with Gasteiger partial charge in [0.05, 0.1) is 18.0 Å². The first-order chi connectivity index (χ1) is 10.7. The summed E-state index contributed by atoms with van der Waals surface area (Å²) in [6.45, 7) is 8.33. The van der Waals surface area contributed by atoms with Crippen LogP contribution in [0.15, 0.2) is 24.3 Å². The Morgan fingerprint density at radius 3 is 2.55 bits per heavy atom. The van der Waals surface area contributed by atoms with Gasteiger partial charge in [0, 0.05) is 19.5 Å². The predicted octanol–water partition coefficient (Wildman–Crippen LogP) is 2.89. The molecule has 0 bridgehead atoms. The summed E-state index contributed by atoms with van der Waals surface area (Å²) in [5.41, 5.74) is 9.07. The molecular weight excluding hydrogens is 276 g/mol. The molecular formula is C17H26N4O. The fourth-order valence-corrected chi connectivity index (χ4v) is 2.52. The summed E-state index contributed by atoms with van der Waals surface area (Å²) in [4.78, 5) is 0. The van der Waals surface area contributed by atoms with Gasteiger partial charge in [0.15, 0.2) is 0 Å². The monoisotopic (exact) mass is 302 g/mol. The van der Waals surface area contributed by atoms with Gasteiger partial charge in [0.1, 0.15) is 5.75 Å². The van der Waals surface area contributed by atoms with Crippen LogP contribution in [-0.4, -0.2) is 21.6 Å². The Labute approximate surface area is 132 Å². The Kier molecular flexibility index (Phi) is 5.95. The van der Waals surface area contributed by atoms with E-state index in [1.807, 2.05) is 16.8 Å². The van der Waals surface area contributed by atoms with E-state index >= 15 is 0 Å². The highest BCUT2D eigenvalue weighted by Crippen LogP contribution is 2.18. The van der Waals surface area contributed by atoms with Crippen LogP contribution in [0.25, 0.3) is 0 Å². The van der Waals surface area contributed by atoms with Gasteiger partial charge in [-0.3, -0.25) is 0 Å². The minimum Gasteiger partial charge on any atom is -0.494 e. The van der Waals surface area contributed by atoms with Crippen molar-refractivity contribution in [3.8, 4) is 5.75 Å². The molecule has 22 heavy (non-hydrogen) atoms. The highest BCUT2D eigenvalue weighted by atomic mass is 16.5. The summed E-state index contributed by atoms with van der Waals surface area (Å²) in [5.74, 6) is 1.29. The van der Waals surface area contributed by atoms with Crippen molar-refractivity contribution in [3.05, 3.63) is 41.2 Å². The van der Waals surface area contributed by atoms with Gasteiger partial charge >= 0.3 is 0 Å². The van der Waals surface area contributed by atoms with Crippen LogP contribution in [0, 0.1) is 0 Å². The summed E-state index contributed by atoms with van der Waals surface area (Å²) in [6.07, 6.45) is 1.94. The van der Waals surface area contributed by atoms with Crippen LogP contribution in [0.1, 0.15) is 50.1 Å². The van der Waals surface area contributed by atoms with Gasteiger partial charge in [-0.1, -0.05) is 38.1 Å². The summed E-state index contributed by atoms with van der Waals surface area (Å²) in [7, 11) is 0. The lowest BCUT2D eigenvalue weighted by Gasteiger charge is -2.11. The van der Waals surface area contributed by atoms with Crippen LogP contribution in [0.5, 0.6) is 5.75 Å². The molecule has 0 saturated carbocycles. The number of hydrogen-bond donors (Lipinski definition) is 1. The highest BCUT2D eigenvalue weighted by molar-refractivity contribution is 5.27. The Bertz CT molecular complexity index is 575. The van der Waals surface area contributed by atoms with E-state index in [1.54, 1.807) is 0 Å². The number of benzene rings is 1. The molecule has 2 N–H and O–H groups in total. The van der Waals surface area contributed by atoms with Gasteiger partial charge in [-0.2, -0.15) is 0 Å². The van der Waals surface area contributed by atoms with Crippen molar-refractivity contribution >= 4 is 0 Å².